The van der Waals surface area contributed by atoms with Gasteiger partial charge in [-0.3, -0.25) is 9.59 Å². The molecule has 2 rings (SSSR count). The zero-order valence-electron chi connectivity index (χ0n) is 18.2. The molecule has 8 nitrogen and oxygen atoms in total. The van der Waals surface area contributed by atoms with Crippen molar-refractivity contribution in [2.45, 2.75) is 44.9 Å². The molecule has 172 valence electrons. The maximum Gasteiger partial charge on any atom is 0.408 e. The second kappa shape index (κ2) is 13.8. The van der Waals surface area contributed by atoms with Crippen molar-refractivity contribution in [1.29, 1.82) is 0 Å². The fourth-order valence-corrected chi connectivity index (χ4v) is 2.91. The van der Waals surface area contributed by atoms with Crippen molar-refractivity contribution < 1.29 is 29.0 Å². The van der Waals surface area contributed by atoms with Crippen LogP contribution in [-0.4, -0.2) is 48.4 Å². The zero-order valence-corrected chi connectivity index (χ0v) is 18.2. The number of ether oxygens (including phenoxy) is 2. The molecule has 0 aliphatic rings. The van der Waals surface area contributed by atoms with E-state index in [0.29, 0.717) is 12.8 Å². The number of hydrogen-bond donors (Lipinski definition) is 3. The number of aliphatic hydroxyl groups is 1. The summed E-state index contributed by atoms with van der Waals surface area (Å²) >= 11 is 0. The van der Waals surface area contributed by atoms with Crippen LogP contribution < -0.4 is 10.6 Å². The molecule has 0 saturated carbocycles. The topological polar surface area (TPSA) is 114 Å². The standard InChI is InChI=1S/C24H30N2O6/c1-18(32-21(28)14-13-19-9-4-2-5-10-19)22(23(29)25-15-8-16-27)26-24(30)31-17-20-11-6-3-7-12-20/h2-7,9-12,18,22,27H,8,13-17H2,1H3,(H,25,29)(H,26,30)/t18-,22+/m1/s1. The van der Waals surface area contributed by atoms with Crippen LogP contribution in [-0.2, 0) is 32.1 Å². The SMILES string of the molecule is C[C@@H](OC(=O)CCc1ccccc1)[C@H](NC(=O)OCc1ccccc1)C(=O)NCCCO. The number of alkyl carbamates (subject to hydrolysis) is 1. The van der Waals surface area contributed by atoms with Gasteiger partial charge in [0.1, 0.15) is 18.8 Å². The highest BCUT2D eigenvalue weighted by molar-refractivity contribution is 5.86. The van der Waals surface area contributed by atoms with E-state index < -0.39 is 30.1 Å². The van der Waals surface area contributed by atoms with Crippen LogP contribution in [0.1, 0.15) is 30.9 Å². The maximum absolute atomic E-state index is 12.6. The molecule has 32 heavy (non-hydrogen) atoms. The van der Waals surface area contributed by atoms with E-state index in [2.05, 4.69) is 10.6 Å². The van der Waals surface area contributed by atoms with E-state index in [1.807, 2.05) is 60.7 Å². The Labute approximate surface area is 187 Å². The Morgan fingerprint density at radius 1 is 0.969 bits per heavy atom. The fourth-order valence-electron chi connectivity index (χ4n) is 2.91. The lowest BCUT2D eigenvalue weighted by Gasteiger charge is -2.24. The van der Waals surface area contributed by atoms with Crippen LogP contribution in [0.15, 0.2) is 60.7 Å². The monoisotopic (exact) mass is 442 g/mol. The Hall–Kier alpha value is -3.39. The van der Waals surface area contributed by atoms with Crippen LogP contribution >= 0.6 is 0 Å². The molecule has 0 aromatic heterocycles. The highest BCUT2D eigenvalue weighted by Crippen LogP contribution is 2.08. The third-order valence-corrected chi connectivity index (χ3v) is 4.65. The lowest BCUT2D eigenvalue weighted by molar-refractivity contribution is -0.151. The molecule has 0 bridgehead atoms. The average molecular weight is 443 g/mol. The first-order valence-electron chi connectivity index (χ1n) is 10.6. The average Bonchev–Trinajstić information content (AvgIpc) is 2.81. The molecule has 0 saturated heterocycles. The lowest BCUT2D eigenvalue weighted by atomic mass is 10.1. The highest BCUT2D eigenvalue weighted by Gasteiger charge is 2.30. The molecule has 2 aromatic rings. The van der Waals surface area contributed by atoms with Gasteiger partial charge in [-0.2, -0.15) is 0 Å². The molecule has 0 aliphatic carbocycles. The van der Waals surface area contributed by atoms with Gasteiger partial charge in [-0.1, -0.05) is 60.7 Å². The van der Waals surface area contributed by atoms with Crippen molar-refractivity contribution in [3.63, 3.8) is 0 Å². The van der Waals surface area contributed by atoms with Gasteiger partial charge in [0.05, 0.1) is 0 Å². The van der Waals surface area contributed by atoms with E-state index in [1.54, 1.807) is 0 Å². The van der Waals surface area contributed by atoms with Gasteiger partial charge in [-0.15, -0.1) is 0 Å². The smallest absolute Gasteiger partial charge is 0.408 e. The van der Waals surface area contributed by atoms with E-state index in [4.69, 9.17) is 14.6 Å². The van der Waals surface area contributed by atoms with Gasteiger partial charge in [0.15, 0.2) is 0 Å². The van der Waals surface area contributed by atoms with Gasteiger partial charge < -0.3 is 25.2 Å². The van der Waals surface area contributed by atoms with Gasteiger partial charge in [-0.25, -0.2) is 4.79 Å². The first-order chi connectivity index (χ1) is 15.5. The van der Waals surface area contributed by atoms with E-state index in [1.165, 1.54) is 6.92 Å². The van der Waals surface area contributed by atoms with E-state index in [0.717, 1.165) is 11.1 Å². The summed E-state index contributed by atoms with van der Waals surface area (Å²) in [6.45, 7) is 1.72. The number of amides is 2. The number of carbonyl (C=O) groups is 3. The summed E-state index contributed by atoms with van der Waals surface area (Å²) in [6, 6.07) is 17.5. The number of nitrogens with one attached hydrogen (secondary N) is 2. The Kier molecular flexibility index (Phi) is 10.7. The Morgan fingerprint density at radius 2 is 1.59 bits per heavy atom. The van der Waals surface area contributed by atoms with Crippen molar-refractivity contribution >= 4 is 18.0 Å². The third kappa shape index (κ3) is 9.18. The molecule has 2 atom stereocenters. The van der Waals surface area contributed by atoms with E-state index in [-0.39, 0.29) is 26.2 Å². The van der Waals surface area contributed by atoms with Crippen LogP contribution in [0.5, 0.6) is 0 Å². The van der Waals surface area contributed by atoms with Crippen molar-refractivity contribution in [1.82, 2.24) is 10.6 Å². The number of carbonyl (C=O) groups excluding carboxylic acids is 3. The normalized spacial score (nSPS) is 12.3. The minimum absolute atomic E-state index is 0.0385. The summed E-state index contributed by atoms with van der Waals surface area (Å²) in [5.41, 5.74) is 1.80. The molecule has 0 fully saturated rings. The molecule has 0 aliphatic heterocycles. The molecule has 0 radical (unpaired) electrons. The second-order valence-corrected chi connectivity index (χ2v) is 7.23. The predicted molar refractivity (Wildman–Crippen MR) is 119 cm³/mol. The largest absolute Gasteiger partial charge is 0.460 e. The lowest BCUT2D eigenvalue weighted by Crippen LogP contribution is -2.53. The van der Waals surface area contributed by atoms with Gasteiger partial charge in [0, 0.05) is 19.6 Å². The fraction of sp³-hybridized carbons (Fsp3) is 0.375. The number of aryl methyl sites for hydroxylation is 1. The molecule has 0 unspecified atom stereocenters. The summed E-state index contributed by atoms with van der Waals surface area (Å²) in [6.07, 6.45) is -0.708. The van der Waals surface area contributed by atoms with Crippen LogP contribution in [0, 0.1) is 0 Å². The van der Waals surface area contributed by atoms with E-state index in [9.17, 15) is 14.4 Å². The second-order valence-electron chi connectivity index (χ2n) is 7.23. The maximum atomic E-state index is 12.6. The van der Waals surface area contributed by atoms with Crippen molar-refractivity contribution in [3.8, 4) is 0 Å². The number of hydrogen-bond acceptors (Lipinski definition) is 6. The molecule has 2 amide bonds. The van der Waals surface area contributed by atoms with Gasteiger partial charge in [0.2, 0.25) is 5.91 Å². The highest BCUT2D eigenvalue weighted by atomic mass is 16.6. The van der Waals surface area contributed by atoms with Gasteiger partial charge in [0.25, 0.3) is 0 Å². The molecule has 0 heterocycles. The Bertz CT molecular complexity index is 844. The summed E-state index contributed by atoms with van der Waals surface area (Å²) in [7, 11) is 0. The molecule has 8 heteroatoms. The van der Waals surface area contributed by atoms with Crippen LogP contribution in [0.25, 0.3) is 0 Å². The summed E-state index contributed by atoms with van der Waals surface area (Å²) < 4.78 is 10.6. The number of esters is 1. The van der Waals surface area contributed by atoms with Crippen LogP contribution in [0.2, 0.25) is 0 Å². The van der Waals surface area contributed by atoms with Gasteiger partial charge in [-0.05, 0) is 30.9 Å². The van der Waals surface area contributed by atoms with Gasteiger partial charge >= 0.3 is 12.1 Å². The van der Waals surface area contributed by atoms with Crippen molar-refractivity contribution in [2.24, 2.45) is 0 Å². The molecule has 3 N–H and O–H groups in total. The minimum atomic E-state index is -1.14. The van der Waals surface area contributed by atoms with Crippen LogP contribution in [0.4, 0.5) is 4.79 Å². The van der Waals surface area contributed by atoms with Crippen molar-refractivity contribution in [3.05, 3.63) is 71.8 Å². The summed E-state index contributed by atoms with van der Waals surface area (Å²) in [5.74, 6) is -1.01. The van der Waals surface area contributed by atoms with Crippen molar-refractivity contribution in [2.75, 3.05) is 13.2 Å². The summed E-state index contributed by atoms with van der Waals surface area (Å²) in [5, 5.41) is 14.0. The molecule has 2 aromatic carbocycles. The number of rotatable bonds is 12. The first-order valence-corrected chi connectivity index (χ1v) is 10.6. The Balaban J connectivity index is 1.92. The third-order valence-electron chi connectivity index (χ3n) is 4.65. The zero-order chi connectivity index (χ0) is 23.2. The summed E-state index contributed by atoms with van der Waals surface area (Å²) in [4.78, 5) is 37.1. The molecular formula is C24H30N2O6. The first kappa shape index (κ1) is 24.9. The van der Waals surface area contributed by atoms with E-state index >= 15 is 0 Å². The molecular weight excluding hydrogens is 412 g/mol. The minimum Gasteiger partial charge on any atom is -0.460 e. The number of benzene rings is 2. The number of aliphatic hydroxyl groups excluding tert-OH is 1. The Morgan fingerprint density at radius 3 is 2.22 bits per heavy atom. The van der Waals surface area contributed by atoms with Crippen LogP contribution in [0.3, 0.4) is 0 Å². The quantitative estimate of drug-likeness (QED) is 0.343. The predicted octanol–water partition coefficient (Wildman–Crippen LogP) is 2.34. The molecule has 0 spiro atoms.